The fourth-order valence-corrected chi connectivity index (χ4v) is 4.79. The summed E-state index contributed by atoms with van der Waals surface area (Å²) in [6.45, 7) is 1.49. The molecule has 196 valence electrons. The molecule has 0 saturated carbocycles. The average Bonchev–Trinajstić information content (AvgIpc) is 2.82. The molecule has 0 aliphatic carbocycles. The highest BCUT2D eigenvalue weighted by molar-refractivity contribution is 7.91. The molecule has 11 nitrogen and oxygen atoms in total. The van der Waals surface area contributed by atoms with Gasteiger partial charge in [0.15, 0.2) is 15.7 Å². The van der Waals surface area contributed by atoms with E-state index in [4.69, 9.17) is 11.5 Å². The summed E-state index contributed by atoms with van der Waals surface area (Å²) in [5.41, 5.74) is 9.23. The number of aromatic nitrogens is 4. The van der Waals surface area contributed by atoms with Gasteiger partial charge in [0, 0.05) is 11.8 Å². The van der Waals surface area contributed by atoms with Crippen molar-refractivity contribution < 1.29 is 21.6 Å². The van der Waals surface area contributed by atoms with E-state index in [1.54, 1.807) is 0 Å². The van der Waals surface area contributed by atoms with Gasteiger partial charge in [0.1, 0.15) is 29.1 Å². The molecule has 15 heteroatoms. The van der Waals surface area contributed by atoms with E-state index in [1.165, 1.54) is 25.1 Å². The minimum Gasteiger partial charge on any atom is -0.382 e. The summed E-state index contributed by atoms with van der Waals surface area (Å²) in [6.07, 6.45) is -2.17. The maximum atomic E-state index is 14.4. The van der Waals surface area contributed by atoms with Crippen LogP contribution in [0.3, 0.4) is 0 Å². The molecule has 0 saturated heterocycles. The number of benzene rings is 2. The van der Waals surface area contributed by atoms with Crippen LogP contribution in [-0.2, 0) is 9.84 Å². The lowest BCUT2D eigenvalue weighted by molar-refractivity contribution is 0.151. The third-order valence-corrected chi connectivity index (χ3v) is 6.65. The van der Waals surface area contributed by atoms with Crippen LogP contribution in [-0.4, -0.2) is 34.2 Å². The van der Waals surface area contributed by atoms with Crippen molar-refractivity contribution >= 4 is 38.3 Å². The van der Waals surface area contributed by atoms with E-state index in [2.05, 4.69) is 20.3 Å². The van der Waals surface area contributed by atoms with Crippen LogP contribution in [0.5, 0.6) is 0 Å². The molecule has 2 aromatic heterocycles. The minimum atomic E-state index is -3.92. The molecular formula is C23H19F3N8O3S. The molecule has 0 fully saturated rings. The SMILES string of the molecule is CC(Nc1nc(N)nc(N)c1C#N)c1nc2cccc(S(C)(=O)=O)c2c(=O)n1-c1cc(F)cc(C(F)F)c1. The summed E-state index contributed by atoms with van der Waals surface area (Å²) in [5.74, 6) is -1.79. The molecule has 4 aromatic rings. The second kappa shape index (κ2) is 9.63. The topological polar surface area (TPSA) is 183 Å². The number of nitriles is 1. The number of nitrogen functional groups attached to an aromatic ring is 2. The number of anilines is 3. The molecule has 2 aromatic carbocycles. The van der Waals surface area contributed by atoms with Gasteiger partial charge in [0.25, 0.3) is 12.0 Å². The van der Waals surface area contributed by atoms with Crippen molar-refractivity contribution in [3.8, 4) is 11.8 Å². The van der Waals surface area contributed by atoms with Crippen molar-refractivity contribution in [2.75, 3.05) is 23.0 Å². The number of hydrogen-bond donors (Lipinski definition) is 3. The fraction of sp³-hybridized carbons (Fsp3) is 0.174. The maximum Gasteiger partial charge on any atom is 0.267 e. The first-order valence-electron chi connectivity index (χ1n) is 10.8. The molecule has 0 aliphatic heterocycles. The molecule has 0 amide bonds. The van der Waals surface area contributed by atoms with Gasteiger partial charge >= 0.3 is 0 Å². The smallest absolute Gasteiger partial charge is 0.267 e. The van der Waals surface area contributed by atoms with Crippen LogP contribution in [0.2, 0.25) is 0 Å². The quantitative estimate of drug-likeness (QED) is 0.326. The molecule has 1 unspecified atom stereocenters. The van der Waals surface area contributed by atoms with Crippen molar-refractivity contribution in [2.45, 2.75) is 24.3 Å². The molecule has 5 N–H and O–H groups in total. The Hall–Kier alpha value is -4.71. The first-order chi connectivity index (χ1) is 17.8. The van der Waals surface area contributed by atoms with E-state index in [0.717, 1.165) is 23.0 Å². The number of nitrogens with one attached hydrogen (secondary N) is 1. The van der Waals surface area contributed by atoms with Crippen molar-refractivity contribution in [3.63, 3.8) is 0 Å². The number of alkyl halides is 2. The second-order valence-corrected chi connectivity index (χ2v) is 10.2. The Morgan fingerprint density at radius 1 is 1.13 bits per heavy atom. The molecule has 0 bridgehead atoms. The molecular weight excluding hydrogens is 525 g/mol. The predicted octanol–water partition coefficient (Wildman–Crippen LogP) is 2.87. The lowest BCUT2D eigenvalue weighted by Gasteiger charge is -2.21. The van der Waals surface area contributed by atoms with Gasteiger partial charge < -0.3 is 16.8 Å². The molecule has 0 spiro atoms. The van der Waals surface area contributed by atoms with Crippen LogP contribution in [0.1, 0.15) is 36.3 Å². The van der Waals surface area contributed by atoms with Gasteiger partial charge in [-0.3, -0.25) is 9.36 Å². The van der Waals surface area contributed by atoms with Crippen LogP contribution >= 0.6 is 0 Å². The Morgan fingerprint density at radius 2 is 1.84 bits per heavy atom. The van der Waals surface area contributed by atoms with Gasteiger partial charge in [-0.25, -0.2) is 26.6 Å². The zero-order valence-corrected chi connectivity index (χ0v) is 20.6. The van der Waals surface area contributed by atoms with E-state index in [0.29, 0.717) is 6.07 Å². The number of halogens is 3. The predicted molar refractivity (Wildman–Crippen MR) is 133 cm³/mol. The Kier molecular flexibility index (Phi) is 6.68. The van der Waals surface area contributed by atoms with Crippen LogP contribution < -0.4 is 22.3 Å². The lowest BCUT2D eigenvalue weighted by Crippen LogP contribution is -2.29. The number of rotatable bonds is 6. The number of nitrogens with zero attached hydrogens (tertiary/aromatic N) is 5. The van der Waals surface area contributed by atoms with Crippen molar-refractivity contribution in [2.24, 2.45) is 0 Å². The zero-order valence-electron chi connectivity index (χ0n) is 19.8. The molecule has 38 heavy (non-hydrogen) atoms. The summed E-state index contributed by atoms with van der Waals surface area (Å²) >= 11 is 0. The van der Waals surface area contributed by atoms with Gasteiger partial charge in [0.05, 0.1) is 27.5 Å². The van der Waals surface area contributed by atoms with Gasteiger partial charge in [-0.15, -0.1) is 0 Å². The van der Waals surface area contributed by atoms with Crippen LogP contribution in [0.25, 0.3) is 16.6 Å². The van der Waals surface area contributed by atoms with Gasteiger partial charge in [0.2, 0.25) is 5.95 Å². The third-order valence-electron chi connectivity index (χ3n) is 5.51. The van der Waals surface area contributed by atoms with Crippen LogP contribution in [0, 0.1) is 17.1 Å². The Labute approximate surface area is 213 Å². The van der Waals surface area contributed by atoms with Crippen molar-refractivity contribution in [1.82, 2.24) is 19.5 Å². The highest BCUT2D eigenvalue weighted by Gasteiger charge is 2.25. The Morgan fingerprint density at radius 3 is 2.47 bits per heavy atom. The fourth-order valence-electron chi connectivity index (χ4n) is 3.90. The zero-order chi connectivity index (χ0) is 27.9. The Bertz CT molecular complexity index is 1800. The van der Waals surface area contributed by atoms with E-state index < -0.39 is 39.2 Å². The lowest BCUT2D eigenvalue weighted by atomic mass is 10.1. The second-order valence-electron chi connectivity index (χ2n) is 8.24. The maximum absolute atomic E-state index is 14.4. The van der Waals surface area contributed by atoms with Gasteiger partial charge in [-0.05, 0) is 37.3 Å². The number of fused-ring (bicyclic) bond motifs is 1. The highest BCUT2D eigenvalue weighted by atomic mass is 32.2. The standard InChI is InChI=1S/C23H19F3N8O3S/c1-10(30-20-14(9-27)19(28)32-23(29)33-20)21-31-15-4-3-5-16(38(2,36)37)17(15)22(35)34(21)13-7-11(18(25)26)6-12(24)8-13/h3-8,10,18H,1-2H3,(H5,28,29,30,32,33). The highest BCUT2D eigenvalue weighted by Crippen LogP contribution is 2.29. The molecule has 4 rings (SSSR count). The largest absolute Gasteiger partial charge is 0.382 e. The van der Waals surface area contributed by atoms with Gasteiger partial charge in [-0.2, -0.15) is 15.2 Å². The summed E-state index contributed by atoms with van der Waals surface area (Å²) in [6, 6.07) is 7.14. The minimum absolute atomic E-state index is 0.0227. The van der Waals surface area contributed by atoms with E-state index in [9.17, 15) is 31.6 Å². The normalized spacial score (nSPS) is 12.4. The van der Waals surface area contributed by atoms with Crippen molar-refractivity contribution in [1.29, 1.82) is 5.26 Å². The summed E-state index contributed by atoms with van der Waals surface area (Å²) in [7, 11) is -3.92. The molecule has 1 atom stereocenters. The molecule has 0 aliphatic rings. The van der Waals surface area contributed by atoms with Crippen molar-refractivity contribution in [3.05, 3.63) is 69.5 Å². The number of hydrogen-bond acceptors (Lipinski definition) is 10. The van der Waals surface area contributed by atoms with E-state index in [-0.39, 0.29) is 50.5 Å². The molecule has 2 heterocycles. The van der Waals surface area contributed by atoms with E-state index >= 15 is 0 Å². The Balaban J connectivity index is 2.06. The van der Waals surface area contributed by atoms with Crippen LogP contribution in [0.4, 0.5) is 30.8 Å². The van der Waals surface area contributed by atoms with Gasteiger partial charge in [-0.1, -0.05) is 6.07 Å². The van der Waals surface area contributed by atoms with Crippen LogP contribution in [0.15, 0.2) is 46.1 Å². The number of nitrogens with two attached hydrogens (primary N) is 2. The number of sulfone groups is 1. The summed E-state index contributed by atoms with van der Waals surface area (Å²) < 4.78 is 67.0. The monoisotopic (exact) mass is 544 g/mol. The average molecular weight is 545 g/mol. The first kappa shape index (κ1) is 26.4. The summed E-state index contributed by atoms with van der Waals surface area (Å²) in [5, 5.41) is 12.0. The summed E-state index contributed by atoms with van der Waals surface area (Å²) in [4.78, 5) is 25.5. The van der Waals surface area contributed by atoms with E-state index in [1.807, 2.05) is 6.07 Å². The third kappa shape index (κ3) is 4.81. The first-order valence-corrected chi connectivity index (χ1v) is 12.6. The molecule has 0 radical (unpaired) electrons.